The van der Waals surface area contributed by atoms with Crippen LogP contribution >= 0.6 is 0 Å². The predicted molar refractivity (Wildman–Crippen MR) is 79.6 cm³/mol. The second kappa shape index (κ2) is 6.70. The summed E-state index contributed by atoms with van der Waals surface area (Å²) in [5, 5.41) is 0. The minimum Gasteiger partial charge on any atom is -0.497 e. The van der Waals surface area contributed by atoms with E-state index in [1.54, 1.807) is 19.2 Å². The van der Waals surface area contributed by atoms with Crippen LogP contribution in [0.3, 0.4) is 0 Å². The molecule has 0 aliphatic rings. The van der Waals surface area contributed by atoms with Gasteiger partial charge in [-0.15, -0.1) is 0 Å². The Morgan fingerprint density at radius 1 is 0.950 bits per heavy atom. The van der Waals surface area contributed by atoms with Crippen LogP contribution in [0.5, 0.6) is 17.2 Å². The number of benzene rings is 2. The molecule has 0 saturated heterocycles. The molecular weight excluding hydrogens is 254 g/mol. The Hall–Kier alpha value is -2.36. The Morgan fingerprint density at radius 2 is 1.65 bits per heavy atom. The van der Waals surface area contributed by atoms with E-state index >= 15 is 0 Å². The second-order valence-electron chi connectivity index (χ2n) is 4.37. The molecule has 2 rings (SSSR count). The lowest BCUT2D eigenvalue weighted by atomic mass is 10.2. The lowest BCUT2D eigenvalue weighted by molar-refractivity contribution is 0.217. The lowest BCUT2D eigenvalue weighted by Crippen LogP contribution is -2.10. The van der Waals surface area contributed by atoms with Crippen LogP contribution in [0.4, 0.5) is 5.69 Å². The van der Waals surface area contributed by atoms with E-state index in [9.17, 15) is 0 Å². The number of methoxy groups -OCH3 is 1. The zero-order valence-corrected chi connectivity index (χ0v) is 11.8. The quantitative estimate of drug-likeness (QED) is 0.649. The van der Waals surface area contributed by atoms with Crippen LogP contribution in [-0.2, 0) is 0 Å². The van der Waals surface area contributed by atoms with Crippen molar-refractivity contribution in [2.24, 2.45) is 0 Å². The van der Waals surface area contributed by atoms with Gasteiger partial charge in [0.05, 0.1) is 12.8 Å². The molecule has 0 bridgehead atoms. The van der Waals surface area contributed by atoms with Crippen LogP contribution in [0.15, 0.2) is 42.5 Å². The molecule has 4 nitrogen and oxygen atoms in total. The van der Waals surface area contributed by atoms with Gasteiger partial charge >= 0.3 is 0 Å². The number of rotatable bonds is 6. The van der Waals surface area contributed by atoms with E-state index in [1.807, 2.05) is 37.3 Å². The third kappa shape index (κ3) is 3.57. The molecule has 0 atom stereocenters. The van der Waals surface area contributed by atoms with Crippen LogP contribution in [-0.4, -0.2) is 20.3 Å². The van der Waals surface area contributed by atoms with Gasteiger partial charge in [0.15, 0.2) is 0 Å². The van der Waals surface area contributed by atoms with Crippen molar-refractivity contribution in [3.05, 3.63) is 48.0 Å². The van der Waals surface area contributed by atoms with Crippen LogP contribution in [0.25, 0.3) is 0 Å². The van der Waals surface area contributed by atoms with Crippen LogP contribution in [0.2, 0.25) is 0 Å². The molecule has 4 heteroatoms. The molecule has 0 fully saturated rings. The lowest BCUT2D eigenvalue weighted by Gasteiger charge is -2.12. The summed E-state index contributed by atoms with van der Waals surface area (Å²) in [6.07, 6.45) is 0. The Kier molecular flexibility index (Phi) is 4.71. The molecule has 2 aromatic rings. The molecular formula is C16H19NO3. The zero-order chi connectivity index (χ0) is 14.4. The van der Waals surface area contributed by atoms with Crippen LogP contribution in [0, 0.1) is 6.92 Å². The van der Waals surface area contributed by atoms with Gasteiger partial charge in [0, 0.05) is 6.07 Å². The first-order chi connectivity index (χ1) is 9.70. The third-order valence-electron chi connectivity index (χ3n) is 2.91. The number of aryl methyl sites for hydroxylation is 1. The fourth-order valence-corrected chi connectivity index (χ4v) is 1.81. The molecule has 2 aromatic carbocycles. The number of ether oxygens (including phenoxy) is 3. The zero-order valence-electron chi connectivity index (χ0n) is 11.8. The summed E-state index contributed by atoms with van der Waals surface area (Å²) in [5.74, 6) is 2.23. The van der Waals surface area contributed by atoms with Gasteiger partial charge in [0.1, 0.15) is 30.5 Å². The standard InChI is InChI=1S/C16H19NO3/c1-12-5-3-4-6-15(12)19-9-10-20-16-8-7-13(18-2)11-14(16)17/h3-8,11H,9-10,17H2,1-2H3. The van der Waals surface area contributed by atoms with Gasteiger partial charge in [-0.1, -0.05) is 18.2 Å². The maximum Gasteiger partial charge on any atom is 0.142 e. The molecule has 0 amide bonds. The van der Waals surface area contributed by atoms with E-state index in [0.29, 0.717) is 30.4 Å². The molecule has 0 heterocycles. The average Bonchev–Trinajstić information content (AvgIpc) is 2.46. The smallest absolute Gasteiger partial charge is 0.142 e. The summed E-state index contributed by atoms with van der Waals surface area (Å²) in [5.41, 5.74) is 7.53. The average molecular weight is 273 g/mol. The Labute approximate surface area is 119 Å². The van der Waals surface area contributed by atoms with E-state index in [1.165, 1.54) is 0 Å². The van der Waals surface area contributed by atoms with E-state index < -0.39 is 0 Å². The van der Waals surface area contributed by atoms with E-state index in [-0.39, 0.29) is 0 Å². The van der Waals surface area contributed by atoms with E-state index in [0.717, 1.165) is 11.3 Å². The van der Waals surface area contributed by atoms with Crippen molar-refractivity contribution < 1.29 is 14.2 Å². The van der Waals surface area contributed by atoms with E-state index in [2.05, 4.69) is 0 Å². The second-order valence-corrected chi connectivity index (χ2v) is 4.37. The fourth-order valence-electron chi connectivity index (χ4n) is 1.81. The van der Waals surface area contributed by atoms with Crippen molar-refractivity contribution in [2.45, 2.75) is 6.92 Å². The summed E-state index contributed by atoms with van der Waals surface area (Å²) >= 11 is 0. The Bertz CT molecular complexity index is 569. The van der Waals surface area contributed by atoms with Crippen molar-refractivity contribution in [1.82, 2.24) is 0 Å². The number of nitrogen functional groups attached to an aromatic ring is 1. The maximum absolute atomic E-state index is 5.87. The molecule has 0 aliphatic carbocycles. The predicted octanol–water partition coefficient (Wildman–Crippen LogP) is 3.04. The van der Waals surface area contributed by atoms with Crippen molar-refractivity contribution in [3.63, 3.8) is 0 Å². The molecule has 0 aromatic heterocycles. The number of anilines is 1. The van der Waals surface area contributed by atoms with Gasteiger partial charge in [-0.2, -0.15) is 0 Å². The van der Waals surface area contributed by atoms with Gasteiger partial charge in [-0.05, 0) is 30.7 Å². The van der Waals surface area contributed by atoms with Gasteiger partial charge in [-0.25, -0.2) is 0 Å². The number of hydrogen-bond donors (Lipinski definition) is 1. The summed E-state index contributed by atoms with van der Waals surface area (Å²) in [6.45, 7) is 2.92. The molecule has 20 heavy (non-hydrogen) atoms. The van der Waals surface area contributed by atoms with Crippen molar-refractivity contribution in [1.29, 1.82) is 0 Å². The third-order valence-corrected chi connectivity index (χ3v) is 2.91. The fraction of sp³-hybridized carbons (Fsp3) is 0.250. The van der Waals surface area contributed by atoms with Gasteiger partial charge in [-0.3, -0.25) is 0 Å². The highest BCUT2D eigenvalue weighted by Gasteiger charge is 2.03. The van der Waals surface area contributed by atoms with Gasteiger partial charge < -0.3 is 19.9 Å². The SMILES string of the molecule is COc1ccc(OCCOc2ccccc2C)c(N)c1. The summed E-state index contributed by atoms with van der Waals surface area (Å²) in [6, 6.07) is 13.2. The topological polar surface area (TPSA) is 53.7 Å². The molecule has 0 unspecified atom stereocenters. The first kappa shape index (κ1) is 14.1. The molecule has 0 radical (unpaired) electrons. The highest BCUT2D eigenvalue weighted by molar-refractivity contribution is 5.56. The highest BCUT2D eigenvalue weighted by atomic mass is 16.5. The van der Waals surface area contributed by atoms with Crippen molar-refractivity contribution in [3.8, 4) is 17.2 Å². The van der Waals surface area contributed by atoms with Gasteiger partial charge in [0.25, 0.3) is 0 Å². The number of nitrogens with two attached hydrogens (primary N) is 1. The summed E-state index contributed by atoms with van der Waals surface area (Å²) < 4.78 is 16.3. The Balaban J connectivity index is 1.83. The highest BCUT2D eigenvalue weighted by Crippen LogP contribution is 2.26. The first-order valence-electron chi connectivity index (χ1n) is 6.45. The van der Waals surface area contributed by atoms with Gasteiger partial charge in [0.2, 0.25) is 0 Å². The molecule has 2 N–H and O–H groups in total. The monoisotopic (exact) mass is 273 g/mol. The molecule has 0 aliphatic heterocycles. The van der Waals surface area contributed by atoms with Crippen molar-refractivity contribution in [2.75, 3.05) is 26.1 Å². The maximum atomic E-state index is 5.87. The van der Waals surface area contributed by atoms with E-state index in [4.69, 9.17) is 19.9 Å². The minimum absolute atomic E-state index is 0.435. The number of para-hydroxylation sites is 1. The molecule has 106 valence electrons. The minimum atomic E-state index is 0.435. The molecule has 0 saturated carbocycles. The number of hydrogen-bond acceptors (Lipinski definition) is 4. The van der Waals surface area contributed by atoms with Crippen LogP contribution < -0.4 is 19.9 Å². The largest absolute Gasteiger partial charge is 0.497 e. The van der Waals surface area contributed by atoms with Crippen molar-refractivity contribution >= 4 is 5.69 Å². The summed E-state index contributed by atoms with van der Waals surface area (Å²) in [4.78, 5) is 0. The Morgan fingerprint density at radius 3 is 2.30 bits per heavy atom. The summed E-state index contributed by atoms with van der Waals surface area (Å²) in [7, 11) is 1.60. The van der Waals surface area contributed by atoms with Crippen LogP contribution in [0.1, 0.15) is 5.56 Å². The first-order valence-corrected chi connectivity index (χ1v) is 6.45. The molecule has 0 spiro atoms. The normalized spacial score (nSPS) is 10.1.